The van der Waals surface area contributed by atoms with E-state index in [1.54, 1.807) is 24.1 Å². The Morgan fingerprint density at radius 3 is 2.40 bits per heavy atom. The van der Waals surface area contributed by atoms with Crippen LogP contribution in [-0.4, -0.2) is 48.1 Å². The maximum Gasteiger partial charge on any atom is 0.295 e. The Morgan fingerprint density at radius 2 is 1.80 bits per heavy atom. The number of benzene rings is 2. The number of hydrogen-bond acceptors (Lipinski definition) is 5. The Morgan fingerprint density at radius 1 is 1.11 bits per heavy atom. The first-order valence-electron chi connectivity index (χ1n) is 12.1. The molecule has 2 aromatic rings. The van der Waals surface area contributed by atoms with Crippen molar-refractivity contribution in [3.63, 3.8) is 0 Å². The lowest BCUT2D eigenvalue weighted by molar-refractivity contribution is -0.140. The molecule has 0 spiro atoms. The normalized spacial score (nSPS) is 17.9. The second kappa shape index (κ2) is 10.6. The third kappa shape index (κ3) is 5.59. The number of aliphatic hydroxyl groups is 1. The molecule has 1 aliphatic heterocycles. The zero-order valence-corrected chi connectivity index (χ0v) is 21.8. The van der Waals surface area contributed by atoms with Gasteiger partial charge in [-0.05, 0) is 61.9 Å². The Balaban J connectivity index is 2.13. The minimum absolute atomic E-state index is 0.0876. The van der Waals surface area contributed by atoms with E-state index in [1.165, 1.54) is 0 Å². The molecule has 6 heteroatoms. The summed E-state index contributed by atoms with van der Waals surface area (Å²) < 4.78 is 11.2. The first-order chi connectivity index (χ1) is 16.5. The second-order valence-corrected chi connectivity index (χ2v) is 10.3. The highest BCUT2D eigenvalue weighted by Crippen LogP contribution is 2.41. The largest absolute Gasteiger partial charge is 0.507 e. The summed E-state index contributed by atoms with van der Waals surface area (Å²) in [4.78, 5) is 28.0. The summed E-state index contributed by atoms with van der Waals surface area (Å²) in [6.07, 6.45) is 0.675. The molecule has 1 fully saturated rings. The van der Waals surface area contributed by atoms with Crippen molar-refractivity contribution in [3.8, 4) is 5.75 Å². The van der Waals surface area contributed by atoms with E-state index in [2.05, 4.69) is 20.8 Å². The molecule has 0 bridgehead atoms. The molecule has 1 heterocycles. The highest BCUT2D eigenvalue weighted by molar-refractivity contribution is 6.46. The molecule has 1 unspecified atom stereocenters. The summed E-state index contributed by atoms with van der Waals surface area (Å²) in [6.45, 7) is 12.9. The number of nitrogens with zero attached hydrogens (tertiary/aromatic N) is 1. The average Bonchev–Trinajstić information content (AvgIpc) is 3.05. The molecule has 0 aliphatic carbocycles. The SMILES string of the molecule is COc1ccc(/C(O)=C2\C(=O)C(=O)N(CCCOC(C)C)C2c2ccccc2C)cc1C(C)(C)C. The van der Waals surface area contributed by atoms with Crippen molar-refractivity contribution in [2.45, 2.75) is 65.5 Å². The quantitative estimate of drug-likeness (QED) is 0.233. The number of ether oxygens (including phenoxy) is 2. The van der Waals surface area contributed by atoms with Crippen molar-refractivity contribution in [3.05, 3.63) is 70.3 Å². The van der Waals surface area contributed by atoms with Gasteiger partial charge >= 0.3 is 0 Å². The number of ketones is 1. The molecule has 0 saturated carbocycles. The van der Waals surface area contributed by atoms with Gasteiger partial charge in [-0.25, -0.2) is 0 Å². The highest BCUT2D eigenvalue weighted by atomic mass is 16.5. The number of aliphatic hydroxyl groups excluding tert-OH is 1. The molecule has 1 amide bonds. The summed E-state index contributed by atoms with van der Waals surface area (Å²) in [5, 5.41) is 11.5. The summed E-state index contributed by atoms with van der Waals surface area (Å²) >= 11 is 0. The Bertz CT molecular complexity index is 1130. The molecule has 0 radical (unpaired) electrons. The van der Waals surface area contributed by atoms with Crippen LogP contribution in [-0.2, 0) is 19.7 Å². The number of hydrogen-bond donors (Lipinski definition) is 1. The zero-order chi connectivity index (χ0) is 25.9. The maximum atomic E-state index is 13.3. The van der Waals surface area contributed by atoms with Crippen LogP contribution in [0.5, 0.6) is 5.75 Å². The molecule has 188 valence electrons. The second-order valence-electron chi connectivity index (χ2n) is 10.3. The molecular weight excluding hydrogens is 442 g/mol. The van der Waals surface area contributed by atoms with E-state index in [4.69, 9.17) is 9.47 Å². The molecule has 0 aromatic heterocycles. The number of carbonyl (C=O) groups excluding carboxylic acids is 2. The van der Waals surface area contributed by atoms with Crippen molar-refractivity contribution < 1.29 is 24.2 Å². The van der Waals surface area contributed by atoms with Crippen LogP contribution in [0, 0.1) is 6.92 Å². The van der Waals surface area contributed by atoms with E-state index < -0.39 is 17.7 Å². The Kier molecular flexibility index (Phi) is 8.06. The van der Waals surface area contributed by atoms with Crippen molar-refractivity contribution in [2.75, 3.05) is 20.3 Å². The van der Waals surface area contributed by atoms with Gasteiger partial charge in [-0.3, -0.25) is 9.59 Å². The van der Waals surface area contributed by atoms with E-state index in [0.717, 1.165) is 16.7 Å². The lowest BCUT2D eigenvalue weighted by Crippen LogP contribution is -2.31. The first kappa shape index (κ1) is 26.5. The van der Waals surface area contributed by atoms with Gasteiger partial charge < -0.3 is 19.5 Å². The van der Waals surface area contributed by atoms with Crippen molar-refractivity contribution in [1.82, 2.24) is 4.90 Å². The standard InChI is InChI=1S/C29H37NO5/c1-18(2)35-16-10-15-30-25(21-12-9-8-11-19(21)3)24(27(32)28(30)33)26(31)20-13-14-23(34-7)22(17-20)29(4,5)6/h8-9,11-14,17-18,25,31H,10,15-16H2,1-7H3/b26-24+. The van der Waals surface area contributed by atoms with E-state index in [9.17, 15) is 14.7 Å². The van der Waals surface area contributed by atoms with E-state index in [-0.39, 0.29) is 22.9 Å². The number of methoxy groups -OCH3 is 1. The van der Waals surface area contributed by atoms with Gasteiger partial charge in [0.25, 0.3) is 11.7 Å². The molecule has 6 nitrogen and oxygen atoms in total. The van der Waals surface area contributed by atoms with Crippen molar-refractivity contribution in [2.24, 2.45) is 0 Å². The number of Topliss-reactive ketones (excluding diaryl/α,β-unsaturated/α-hetero) is 1. The average molecular weight is 480 g/mol. The minimum Gasteiger partial charge on any atom is -0.507 e. The lowest BCUT2D eigenvalue weighted by Gasteiger charge is -2.27. The van der Waals surface area contributed by atoms with E-state index >= 15 is 0 Å². The summed E-state index contributed by atoms with van der Waals surface area (Å²) in [6, 6.07) is 12.3. The number of rotatable bonds is 8. The molecule has 3 rings (SSSR count). The van der Waals surface area contributed by atoms with Gasteiger partial charge in [-0.2, -0.15) is 0 Å². The van der Waals surface area contributed by atoms with Crippen LogP contribution in [0.1, 0.15) is 69.3 Å². The molecule has 1 saturated heterocycles. The van der Waals surface area contributed by atoms with Gasteiger partial charge in [-0.1, -0.05) is 45.0 Å². The van der Waals surface area contributed by atoms with Crippen LogP contribution in [0.15, 0.2) is 48.0 Å². The van der Waals surface area contributed by atoms with Gasteiger partial charge in [0, 0.05) is 24.3 Å². The van der Waals surface area contributed by atoms with Crippen LogP contribution < -0.4 is 4.74 Å². The Labute approximate surface area is 208 Å². The van der Waals surface area contributed by atoms with Crippen molar-refractivity contribution in [1.29, 1.82) is 0 Å². The summed E-state index contributed by atoms with van der Waals surface area (Å²) in [5.74, 6) is -0.747. The number of aryl methyl sites for hydroxylation is 1. The van der Waals surface area contributed by atoms with Gasteiger partial charge in [0.2, 0.25) is 0 Å². The zero-order valence-electron chi connectivity index (χ0n) is 21.8. The molecular formula is C29H37NO5. The predicted octanol–water partition coefficient (Wildman–Crippen LogP) is 5.54. The summed E-state index contributed by atoms with van der Waals surface area (Å²) in [7, 11) is 1.61. The van der Waals surface area contributed by atoms with Crippen LogP contribution in [0.2, 0.25) is 0 Å². The fraction of sp³-hybridized carbons (Fsp3) is 0.448. The summed E-state index contributed by atoms with van der Waals surface area (Å²) in [5.41, 5.74) is 3.01. The number of carbonyl (C=O) groups is 2. The topological polar surface area (TPSA) is 76.1 Å². The third-order valence-corrected chi connectivity index (χ3v) is 6.30. The highest BCUT2D eigenvalue weighted by Gasteiger charge is 2.46. The third-order valence-electron chi connectivity index (χ3n) is 6.30. The molecule has 35 heavy (non-hydrogen) atoms. The van der Waals surface area contributed by atoms with Gasteiger partial charge in [-0.15, -0.1) is 0 Å². The van der Waals surface area contributed by atoms with Crippen LogP contribution in [0.3, 0.4) is 0 Å². The smallest absolute Gasteiger partial charge is 0.295 e. The van der Waals surface area contributed by atoms with Crippen LogP contribution >= 0.6 is 0 Å². The number of amides is 1. The maximum absolute atomic E-state index is 13.3. The first-order valence-corrected chi connectivity index (χ1v) is 12.1. The molecule has 1 atom stereocenters. The molecule has 2 aromatic carbocycles. The van der Waals surface area contributed by atoms with Gasteiger partial charge in [0.1, 0.15) is 11.5 Å². The number of likely N-dealkylation sites (tertiary alicyclic amines) is 1. The Hall–Kier alpha value is -3.12. The van der Waals surface area contributed by atoms with Crippen LogP contribution in [0.4, 0.5) is 0 Å². The van der Waals surface area contributed by atoms with E-state index in [1.807, 2.05) is 51.1 Å². The fourth-order valence-electron chi connectivity index (χ4n) is 4.48. The predicted molar refractivity (Wildman–Crippen MR) is 138 cm³/mol. The minimum atomic E-state index is -0.673. The van der Waals surface area contributed by atoms with Crippen LogP contribution in [0.25, 0.3) is 5.76 Å². The fourth-order valence-corrected chi connectivity index (χ4v) is 4.48. The monoisotopic (exact) mass is 479 g/mol. The molecule has 1 aliphatic rings. The van der Waals surface area contributed by atoms with E-state index in [0.29, 0.717) is 30.9 Å². The molecule has 1 N–H and O–H groups in total. The van der Waals surface area contributed by atoms with Gasteiger partial charge in [0.05, 0.1) is 24.8 Å². The van der Waals surface area contributed by atoms with Gasteiger partial charge in [0.15, 0.2) is 0 Å². The lowest BCUT2D eigenvalue weighted by atomic mass is 9.84. The van der Waals surface area contributed by atoms with Crippen molar-refractivity contribution >= 4 is 17.4 Å².